The van der Waals surface area contributed by atoms with Gasteiger partial charge < -0.3 is 23.7 Å². The van der Waals surface area contributed by atoms with Gasteiger partial charge in [-0.2, -0.15) is 0 Å². The molecule has 0 aromatic heterocycles. The van der Waals surface area contributed by atoms with E-state index < -0.39 is 92.8 Å². The van der Waals surface area contributed by atoms with E-state index >= 15 is 0 Å². The van der Waals surface area contributed by atoms with Gasteiger partial charge >= 0.3 is 23.9 Å². The second-order valence-electron chi connectivity index (χ2n) is 14.9. The van der Waals surface area contributed by atoms with Crippen LogP contribution in [0.25, 0.3) is 0 Å². The van der Waals surface area contributed by atoms with Gasteiger partial charge in [-0.1, -0.05) is 18.2 Å². The molecule has 43 heavy (non-hydrogen) atoms. The summed E-state index contributed by atoms with van der Waals surface area (Å²) in [4.78, 5) is 52.9. The lowest BCUT2D eigenvalue weighted by Gasteiger charge is -2.45. The Bertz CT molecular complexity index is 1180. The van der Waals surface area contributed by atoms with E-state index in [0.717, 1.165) is 0 Å². The van der Waals surface area contributed by atoms with Crippen LogP contribution in [0.2, 0.25) is 0 Å². The van der Waals surface area contributed by atoms with E-state index in [0.29, 0.717) is 4.90 Å². The average molecular weight is 625 g/mol. The Morgan fingerprint density at radius 1 is 0.628 bits per heavy atom. The summed E-state index contributed by atoms with van der Waals surface area (Å²) in [6, 6.07) is 8.39. The molecule has 2 rings (SSSR count). The molecule has 1 fully saturated rings. The number of rotatable bonds is 7. The molecule has 1 aromatic rings. The molecule has 6 atom stereocenters. The molecule has 1 aliphatic rings. The van der Waals surface area contributed by atoms with Crippen molar-refractivity contribution in [2.75, 3.05) is 6.61 Å². The summed E-state index contributed by atoms with van der Waals surface area (Å²) >= 11 is 0. The highest BCUT2D eigenvalue weighted by molar-refractivity contribution is 7.85. The molecule has 1 aromatic carbocycles. The van der Waals surface area contributed by atoms with Crippen LogP contribution in [-0.4, -0.2) is 64.5 Å². The number of esters is 4. The molecule has 11 heteroatoms. The number of ether oxygens (including phenoxy) is 5. The molecule has 0 radical (unpaired) electrons. The average Bonchev–Trinajstić information content (AvgIpc) is 2.87. The van der Waals surface area contributed by atoms with Gasteiger partial charge in [0.25, 0.3) is 0 Å². The van der Waals surface area contributed by atoms with Gasteiger partial charge in [-0.15, -0.1) is 0 Å². The van der Waals surface area contributed by atoms with Crippen molar-refractivity contribution >= 4 is 34.7 Å². The van der Waals surface area contributed by atoms with Crippen molar-refractivity contribution in [2.24, 2.45) is 21.7 Å². The standard InChI is InChI=1S/C32H48O10S/c1-29(2,3)25(33)38-18-20-21(40-26(34)30(4,5)6)22(41-27(35)31(7,8)9)23(42-28(36)32(10,11)12)24(39-20)43(37)19-16-14-13-15-17-19/h13-17,20-24H,18H2,1-12H3. The van der Waals surface area contributed by atoms with Crippen LogP contribution < -0.4 is 0 Å². The molecular weight excluding hydrogens is 576 g/mol. The Labute approximate surface area is 258 Å². The first kappa shape index (κ1) is 36.4. The summed E-state index contributed by atoms with van der Waals surface area (Å²) < 4.78 is 43.7. The van der Waals surface area contributed by atoms with Gasteiger partial charge in [0.15, 0.2) is 23.7 Å². The van der Waals surface area contributed by atoms with Gasteiger partial charge in [-0.3, -0.25) is 23.4 Å². The van der Waals surface area contributed by atoms with Gasteiger partial charge in [0.05, 0.1) is 32.5 Å². The summed E-state index contributed by atoms with van der Waals surface area (Å²) in [6.45, 7) is 19.4. The molecule has 0 spiro atoms. The molecule has 6 unspecified atom stereocenters. The van der Waals surface area contributed by atoms with Crippen LogP contribution in [-0.2, 0) is 53.7 Å². The van der Waals surface area contributed by atoms with E-state index in [2.05, 4.69) is 0 Å². The molecule has 0 amide bonds. The van der Waals surface area contributed by atoms with E-state index in [1.165, 1.54) is 0 Å². The summed E-state index contributed by atoms with van der Waals surface area (Å²) in [6.07, 6.45) is -5.51. The van der Waals surface area contributed by atoms with Crippen molar-refractivity contribution in [3.05, 3.63) is 30.3 Å². The van der Waals surface area contributed by atoms with E-state index in [4.69, 9.17) is 23.7 Å². The van der Waals surface area contributed by atoms with Crippen molar-refractivity contribution < 1.29 is 47.1 Å². The first-order valence-corrected chi connectivity index (χ1v) is 15.6. The Balaban J connectivity index is 2.76. The molecule has 242 valence electrons. The quantitative estimate of drug-likeness (QED) is 0.302. The minimum Gasteiger partial charge on any atom is -0.462 e. The zero-order chi connectivity index (χ0) is 33.1. The van der Waals surface area contributed by atoms with Gasteiger partial charge in [-0.05, 0) is 95.2 Å². The third-order valence-electron chi connectivity index (χ3n) is 6.34. The van der Waals surface area contributed by atoms with Crippen molar-refractivity contribution in [1.29, 1.82) is 0 Å². The van der Waals surface area contributed by atoms with Crippen LogP contribution in [0.4, 0.5) is 0 Å². The normalized spacial score (nSPS) is 24.0. The Morgan fingerprint density at radius 2 is 1.02 bits per heavy atom. The van der Waals surface area contributed by atoms with E-state index in [1.807, 2.05) is 0 Å². The van der Waals surface area contributed by atoms with Gasteiger partial charge in [0, 0.05) is 4.90 Å². The predicted octanol–water partition coefficient (Wildman–Crippen LogP) is 4.98. The minimum absolute atomic E-state index is 0.362. The zero-order valence-corrected chi connectivity index (χ0v) is 28.3. The first-order chi connectivity index (χ1) is 19.4. The molecule has 0 N–H and O–H groups in total. The maximum atomic E-state index is 14.0. The Morgan fingerprint density at radius 3 is 1.44 bits per heavy atom. The number of hydrogen-bond acceptors (Lipinski definition) is 10. The van der Waals surface area contributed by atoms with Gasteiger partial charge in [-0.25, -0.2) is 0 Å². The molecule has 0 bridgehead atoms. The van der Waals surface area contributed by atoms with E-state index in [9.17, 15) is 23.4 Å². The minimum atomic E-state index is -1.97. The molecule has 0 saturated carbocycles. The lowest BCUT2D eigenvalue weighted by atomic mass is 9.93. The predicted molar refractivity (Wildman–Crippen MR) is 160 cm³/mol. The lowest BCUT2D eigenvalue weighted by Crippen LogP contribution is -2.64. The van der Waals surface area contributed by atoms with Crippen LogP contribution in [0.5, 0.6) is 0 Å². The second kappa shape index (κ2) is 13.5. The summed E-state index contributed by atoms with van der Waals surface area (Å²) in [5, 5.41) is 0. The Kier molecular flexibility index (Phi) is 11.4. The third kappa shape index (κ3) is 9.86. The number of carbonyl (C=O) groups excluding carboxylic acids is 4. The molecule has 0 aliphatic carbocycles. The highest BCUT2D eigenvalue weighted by Crippen LogP contribution is 2.36. The molecular formula is C32H48O10S. The molecule has 10 nitrogen and oxygen atoms in total. The highest BCUT2D eigenvalue weighted by atomic mass is 32.2. The molecule has 1 heterocycles. The van der Waals surface area contributed by atoms with Crippen LogP contribution in [0.1, 0.15) is 83.1 Å². The fourth-order valence-electron chi connectivity index (χ4n) is 3.55. The maximum Gasteiger partial charge on any atom is 0.311 e. The fraction of sp³-hybridized carbons (Fsp3) is 0.688. The maximum absolute atomic E-state index is 14.0. The van der Waals surface area contributed by atoms with E-state index in [1.54, 1.807) is 113 Å². The first-order valence-electron chi connectivity index (χ1n) is 14.4. The van der Waals surface area contributed by atoms with Gasteiger partial charge in [0.2, 0.25) is 0 Å². The highest BCUT2D eigenvalue weighted by Gasteiger charge is 2.56. The van der Waals surface area contributed by atoms with Crippen molar-refractivity contribution in [3.63, 3.8) is 0 Å². The van der Waals surface area contributed by atoms with Gasteiger partial charge in [0.1, 0.15) is 12.7 Å². The number of hydrogen-bond donors (Lipinski definition) is 0. The number of benzene rings is 1. The topological polar surface area (TPSA) is 132 Å². The van der Waals surface area contributed by atoms with Crippen LogP contribution in [0.15, 0.2) is 35.2 Å². The monoisotopic (exact) mass is 624 g/mol. The zero-order valence-electron chi connectivity index (χ0n) is 27.5. The fourth-order valence-corrected chi connectivity index (χ4v) is 4.94. The third-order valence-corrected chi connectivity index (χ3v) is 7.87. The summed E-state index contributed by atoms with van der Waals surface area (Å²) in [7, 11) is -1.97. The van der Waals surface area contributed by atoms with Crippen LogP contribution in [0, 0.1) is 21.7 Å². The SMILES string of the molecule is CC(C)(C)C(=O)OCC1OC(S(=O)c2ccccc2)C(OC(=O)C(C)(C)C)C(OC(=O)C(C)(C)C)C1OC(=O)C(C)(C)C. The van der Waals surface area contributed by atoms with Crippen molar-refractivity contribution in [3.8, 4) is 0 Å². The van der Waals surface area contributed by atoms with E-state index in [-0.39, 0.29) is 0 Å². The largest absolute Gasteiger partial charge is 0.462 e. The van der Waals surface area contributed by atoms with Crippen LogP contribution >= 0.6 is 0 Å². The Hall–Kier alpha value is -2.79. The molecule has 1 aliphatic heterocycles. The molecule has 1 saturated heterocycles. The summed E-state index contributed by atoms with van der Waals surface area (Å²) in [5.41, 5.74) is -5.21. The van der Waals surface area contributed by atoms with Crippen molar-refractivity contribution in [1.82, 2.24) is 0 Å². The van der Waals surface area contributed by atoms with Crippen molar-refractivity contribution in [2.45, 2.75) is 118 Å². The smallest absolute Gasteiger partial charge is 0.311 e. The second-order valence-corrected chi connectivity index (χ2v) is 16.4. The summed E-state index contributed by atoms with van der Waals surface area (Å²) in [5.74, 6) is -2.56. The van der Waals surface area contributed by atoms with Crippen LogP contribution in [0.3, 0.4) is 0 Å². The lowest BCUT2D eigenvalue weighted by molar-refractivity contribution is -0.246. The number of carbonyl (C=O) groups is 4.